The minimum absolute atomic E-state index is 0.0175. The third-order valence-corrected chi connectivity index (χ3v) is 11.8. The summed E-state index contributed by atoms with van der Waals surface area (Å²) in [7, 11) is 4.97. The Labute approximate surface area is 349 Å². The molecule has 316 valence electrons. The van der Waals surface area contributed by atoms with Crippen LogP contribution in [-0.2, 0) is 9.47 Å². The number of methoxy groups -OCH3 is 2. The van der Waals surface area contributed by atoms with Gasteiger partial charge in [0.2, 0.25) is 17.8 Å². The average molecular weight is 818 g/mol. The molecule has 0 radical (unpaired) electrons. The predicted octanol–water partition coefficient (Wildman–Crippen LogP) is 6.27. The molecule has 0 aliphatic heterocycles. The molecule has 0 bridgehead atoms. The normalized spacial score (nSPS) is 20.5. The number of nitrogens with one attached hydrogen (secondary N) is 3. The number of hydrogen-bond acceptors (Lipinski definition) is 13. The van der Waals surface area contributed by atoms with Gasteiger partial charge in [-0.2, -0.15) is 0 Å². The predicted molar refractivity (Wildman–Crippen MR) is 229 cm³/mol. The second-order valence-corrected chi connectivity index (χ2v) is 16.2. The lowest BCUT2D eigenvalue weighted by atomic mass is 9.85. The molecule has 6 heterocycles. The van der Waals surface area contributed by atoms with E-state index in [9.17, 15) is 9.90 Å². The highest BCUT2D eigenvalue weighted by Crippen LogP contribution is 2.40. The molecule has 0 spiro atoms. The summed E-state index contributed by atoms with van der Waals surface area (Å²) in [5.41, 5.74) is 8.14. The van der Waals surface area contributed by atoms with Crippen molar-refractivity contribution in [2.24, 2.45) is 0 Å². The first-order valence-corrected chi connectivity index (χ1v) is 21.0. The van der Waals surface area contributed by atoms with Gasteiger partial charge >= 0.3 is 0 Å². The van der Waals surface area contributed by atoms with Crippen molar-refractivity contribution >= 4 is 28.8 Å². The Bertz CT molecular complexity index is 2400. The molecule has 0 saturated heterocycles. The zero-order chi connectivity index (χ0) is 41.8. The van der Waals surface area contributed by atoms with E-state index < -0.39 is 0 Å². The number of anilines is 2. The molecule has 2 aliphatic carbocycles. The van der Waals surface area contributed by atoms with Gasteiger partial charge in [0.1, 0.15) is 6.10 Å². The van der Waals surface area contributed by atoms with Crippen molar-refractivity contribution in [1.82, 2.24) is 44.5 Å². The van der Waals surface area contributed by atoms with Crippen LogP contribution in [0.3, 0.4) is 0 Å². The van der Waals surface area contributed by atoms with E-state index in [0.717, 1.165) is 96.0 Å². The van der Waals surface area contributed by atoms with Crippen LogP contribution in [0.1, 0.15) is 98.8 Å². The number of amides is 1. The number of aliphatic hydroxyl groups is 1. The number of fused-ring (bicyclic) bond motifs is 2. The fraction of sp³-hybridized carbons (Fsp3) is 0.477. The highest BCUT2D eigenvalue weighted by Gasteiger charge is 2.29. The number of aromatic nitrogens is 8. The Kier molecular flexibility index (Phi) is 12.5. The molecule has 1 amide bonds. The number of ether oxygens (including phenoxy) is 3. The minimum Gasteiger partial charge on any atom is -0.474 e. The van der Waals surface area contributed by atoms with Gasteiger partial charge in [-0.1, -0.05) is 0 Å². The molecule has 6 aromatic heterocycles. The van der Waals surface area contributed by atoms with Crippen molar-refractivity contribution in [2.75, 3.05) is 45.1 Å². The molecule has 60 heavy (non-hydrogen) atoms. The topological polar surface area (TPSA) is 187 Å². The average Bonchev–Trinajstić information content (AvgIpc) is 3.83. The van der Waals surface area contributed by atoms with Gasteiger partial charge in [0.25, 0.3) is 5.91 Å². The molecule has 16 nitrogen and oxygen atoms in total. The summed E-state index contributed by atoms with van der Waals surface area (Å²) in [5, 5.41) is 29.5. The van der Waals surface area contributed by atoms with Crippen molar-refractivity contribution < 1.29 is 24.1 Å². The number of nitrogens with zero attached hydrogens (tertiary/aromatic N) is 8. The second-order valence-electron chi connectivity index (χ2n) is 16.2. The monoisotopic (exact) mass is 817 g/mol. The molecule has 2 saturated carbocycles. The van der Waals surface area contributed by atoms with Crippen LogP contribution >= 0.6 is 0 Å². The lowest BCUT2D eigenvalue weighted by molar-refractivity contribution is 0.0962. The van der Waals surface area contributed by atoms with E-state index in [1.807, 2.05) is 53.6 Å². The summed E-state index contributed by atoms with van der Waals surface area (Å²) in [6, 6.07) is 10.3. The summed E-state index contributed by atoms with van der Waals surface area (Å²) in [4.78, 5) is 31.0. The van der Waals surface area contributed by atoms with Gasteiger partial charge in [-0.3, -0.25) is 9.78 Å². The van der Waals surface area contributed by atoms with Gasteiger partial charge in [0.05, 0.1) is 48.3 Å². The maximum Gasteiger partial charge on any atom is 0.252 e. The van der Waals surface area contributed by atoms with E-state index in [-0.39, 0.29) is 42.0 Å². The van der Waals surface area contributed by atoms with Gasteiger partial charge in [-0.15, -0.1) is 10.2 Å². The molecular formula is C44H55N11O5. The summed E-state index contributed by atoms with van der Waals surface area (Å²) in [6.45, 7) is 5.12. The van der Waals surface area contributed by atoms with Crippen molar-refractivity contribution in [1.29, 1.82) is 0 Å². The lowest BCUT2D eigenvalue weighted by Gasteiger charge is -2.28. The van der Waals surface area contributed by atoms with Crippen molar-refractivity contribution in [3.63, 3.8) is 0 Å². The van der Waals surface area contributed by atoms with Crippen LogP contribution < -0.4 is 20.7 Å². The molecule has 2 fully saturated rings. The van der Waals surface area contributed by atoms with Crippen LogP contribution in [0.5, 0.6) is 5.88 Å². The molecule has 4 N–H and O–H groups in total. The van der Waals surface area contributed by atoms with Crippen LogP contribution in [0.15, 0.2) is 61.3 Å². The highest BCUT2D eigenvalue weighted by molar-refractivity contribution is 5.95. The zero-order valence-electron chi connectivity index (χ0n) is 35.0. The standard InChI is InChI=1S/C44H55N11O5/c1-26(24-58-4)50-43-48-22-39-35(17-37(54(39)52-43)28-6-11-33(56)12-7-28)30-10-15-41(47-21-30)60-34-13-8-29(9-14-34)38-18-36(31-16-32(20-46-19-31)42(57)45-3)40-23-49-44(53-55(38)40)51-27(2)25-59-5/h10,15-23,26-29,33-34,56H,6-9,11-14,24-25H2,1-5H3,(H,45,57)(H,50,52)(H,51,53)/t26-,27-,28?,29?,33?,34?/m0/s1. The molecule has 2 aliphatic rings. The first-order valence-electron chi connectivity index (χ1n) is 21.0. The van der Waals surface area contributed by atoms with Gasteiger partial charge in [0.15, 0.2) is 0 Å². The van der Waals surface area contributed by atoms with Gasteiger partial charge in [-0.25, -0.2) is 24.0 Å². The van der Waals surface area contributed by atoms with Crippen LogP contribution in [0.4, 0.5) is 11.9 Å². The number of carbonyl (C=O) groups excluding carboxylic acids is 1. The molecule has 0 unspecified atom stereocenters. The Morgan fingerprint density at radius 2 is 1.30 bits per heavy atom. The Hall–Kier alpha value is -5.71. The number of pyridine rings is 2. The summed E-state index contributed by atoms with van der Waals surface area (Å²) < 4.78 is 21.1. The fourth-order valence-corrected chi connectivity index (χ4v) is 8.71. The third kappa shape index (κ3) is 8.90. The van der Waals surface area contributed by atoms with E-state index in [1.54, 1.807) is 33.7 Å². The first kappa shape index (κ1) is 41.0. The van der Waals surface area contributed by atoms with Gasteiger partial charge in [-0.05, 0) is 89.5 Å². The molecule has 2 atom stereocenters. The van der Waals surface area contributed by atoms with Gasteiger partial charge in [0, 0.05) is 103 Å². The quantitative estimate of drug-likeness (QED) is 0.0909. The van der Waals surface area contributed by atoms with E-state index in [0.29, 0.717) is 36.6 Å². The number of carbonyl (C=O) groups is 1. The maximum atomic E-state index is 12.5. The van der Waals surface area contributed by atoms with E-state index in [1.165, 1.54) is 0 Å². The summed E-state index contributed by atoms with van der Waals surface area (Å²) in [5.74, 6) is 1.96. The molecule has 6 aromatic rings. The third-order valence-electron chi connectivity index (χ3n) is 11.8. The van der Waals surface area contributed by atoms with E-state index >= 15 is 0 Å². The summed E-state index contributed by atoms with van der Waals surface area (Å²) >= 11 is 0. The lowest BCUT2D eigenvalue weighted by Crippen LogP contribution is -2.25. The molecular weight excluding hydrogens is 763 g/mol. The minimum atomic E-state index is -0.244. The SMILES string of the molecule is CNC(=O)c1cncc(-c2cc(C3CCC(Oc4ccc(-c5cc(C6CCC(O)CC6)n6nc(N[C@@H](C)COC)ncc56)cn4)CC3)n3nc(N[C@@H](C)COC)ncc23)c1. The summed E-state index contributed by atoms with van der Waals surface area (Å²) in [6.07, 6.45) is 15.6. The highest BCUT2D eigenvalue weighted by atomic mass is 16.5. The van der Waals surface area contributed by atoms with Crippen LogP contribution in [0.2, 0.25) is 0 Å². The first-order chi connectivity index (χ1) is 29.2. The fourth-order valence-electron chi connectivity index (χ4n) is 8.71. The molecule has 8 rings (SSSR count). The number of rotatable bonds is 15. The van der Waals surface area contributed by atoms with Crippen LogP contribution in [0.25, 0.3) is 33.3 Å². The Morgan fingerprint density at radius 1 is 0.733 bits per heavy atom. The Morgan fingerprint density at radius 3 is 1.83 bits per heavy atom. The van der Waals surface area contributed by atoms with Crippen LogP contribution in [-0.4, -0.2) is 109 Å². The molecule has 16 heteroatoms. The van der Waals surface area contributed by atoms with Crippen LogP contribution in [0, 0.1) is 0 Å². The maximum absolute atomic E-state index is 12.5. The molecule has 0 aromatic carbocycles. The smallest absolute Gasteiger partial charge is 0.252 e. The van der Waals surface area contributed by atoms with Gasteiger partial charge < -0.3 is 35.3 Å². The number of aliphatic hydroxyl groups excluding tert-OH is 1. The van der Waals surface area contributed by atoms with E-state index in [2.05, 4.69) is 49.1 Å². The van der Waals surface area contributed by atoms with E-state index in [4.69, 9.17) is 29.4 Å². The van der Waals surface area contributed by atoms with Crippen molar-refractivity contribution in [3.8, 4) is 28.1 Å². The van der Waals surface area contributed by atoms with Crippen molar-refractivity contribution in [3.05, 3.63) is 78.3 Å². The largest absolute Gasteiger partial charge is 0.474 e. The second kappa shape index (κ2) is 18.3. The zero-order valence-corrected chi connectivity index (χ0v) is 35.0. The number of hydrogen-bond donors (Lipinski definition) is 4. The Balaban J connectivity index is 0.995. The van der Waals surface area contributed by atoms with Crippen molar-refractivity contribution in [2.45, 2.75) is 101 Å².